The standard InChI is InChI=1S/C28H24N4O5/c1-33-22-13-16(12-17-15-31-27(30)32-26(17)29)19-14-23(35-24(19)25(22)34-2)28(18-8-4-3-5-9-18)36-20-10-6-7-11-21(20)37-28/h3-11,13-15H,12H2,1-2H3,(H4,29,30,31,32). The number of furan rings is 1. The quantitative estimate of drug-likeness (QED) is 0.345. The summed E-state index contributed by atoms with van der Waals surface area (Å²) in [5, 5.41) is 0.780. The van der Waals surface area contributed by atoms with Crippen molar-refractivity contribution in [1.29, 1.82) is 0 Å². The lowest BCUT2D eigenvalue weighted by Crippen LogP contribution is -2.36. The van der Waals surface area contributed by atoms with Gasteiger partial charge in [-0.05, 0) is 29.8 Å². The van der Waals surface area contributed by atoms with Gasteiger partial charge in [0.25, 0.3) is 0 Å². The highest BCUT2D eigenvalue weighted by Crippen LogP contribution is 2.50. The number of ether oxygens (including phenoxy) is 4. The average Bonchev–Trinajstić information content (AvgIpc) is 3.54. The zero-order chi connectivity index (χ0) is 25.6. The van der Waals surface area contributed by atoms with E-state index in [1.165, 1.54) is 0 Å². The van der Waals surface area contributed by atoms with E-state index in [9.17, 15) is 0 Å². The summed E-state index contributed by atoms with van der Waals surface area (Å²) in [6.07, 6.45) is 2.02. The van der Waals surface area contributed by atoms with E-state index < -0.39 is 5.79 Å². The van der Waals surface area contributed by atoms with Crippen LogP contribution in [0.25, 0.3) is 11.0 Å². The van der Waals surface area contributed by atoms with Gasteiger partial charge in [-0.25, -0.2) is 4.98 Å². The molecule has 6 rings (SSSR count). The molecule has 5 aromatic rings. The molecule has 4 N–H and O–H groups in total. The molecule has 0 spiro atoms. The van der Waals surface area contributed by atoms with Crippen LogP contribution in [0.1, 0.15) is 22.5 Å². The van der Waals surface area contributed by atoms with Crippen LogP contribution in [0.3, 0.4) is 0 Å². The number of anilines is 2. The molecule has 2 aromatic heterocycles. The van der Waals surface area contributed by atoms with Crippen molar-refractivity contribution < 1.29 is 23.4 Å². The van der Waals surface area contributed by atoms with E-state index in [-0.39, 0.29) is 5.95 Å². The van der Waals surface area contributed by atoms with E-state index in [0.717, 1.165) is 16.5 Å². The monoisotopic (exact) mass is 496 g/mol. The molecule has 3 heterocycles. The SMILES string of the molecule is COc1cc(Cc2cnc(N)nc2N)c2cc(C3(c4ccccc4)Oc4ccccc4O3)oc2c1OC. The van der Waals surface area contributed by atoms with E-state index in [4.69, 9.17) is 34.8 Å². The van der Waals surface area contributed by atoms with Gasteiger partial charge in [-0.15, -0.1) is 0 Å². The van der Waals surface area contributed by atoms with Crippen molar-refractivity contribution >= 4 is 22.7 Å². The van der Waals surface area contributed by atoms with Crippen molar-refractivity contribution in [2.75, 3.05) is 25.7 Å². The minimum absolute atomic E-state index is 0.115. The Labute approximate surface area is 212 Å². The van der Waals surface area contributed by atoms with E-state index in [1.54, 1.807) is 20.4 Å². The summed E-state index contributed by atoms with van der Waals surface area (Å²) in [7, 11) is 3.14. The van der Waals surface area contributed by atoms with Gasteiger partial charge in [-0.1, -0.05) is 42.5 Å². The van der Waals surface area contributed by atoms with Gasteiger partial charge in [0.1, 0.15) is 5.82 Å². The van der Waals surface area contributed by atoms with Gasteiger partial charge in [0.05, 0.1) is 14.2 Å². The summed E-state index contributed by atoms with van der Waals surface area (Å²) in [5.41, 5.74) is 14.7. The van der Waals surface area contributed by atoms with E-state index in [0.29, 0.717) is 52.1 Å². The molecule has 0 atom stereocenters. The summed E-state index contributed by atoms with van der Waals surface area (Å²) < 4.78 is 30.8. The first kappa shape index (κ1) is 22.5. The normalized spacial score (nSPS) is 13.6. The van der Waals surface area contributed by atoms with Crippen LogP contribution < -0.4 is 30.4 Å². The Morgan fingerprint density at radius 2 is 1.57 bits per heavy atom. The number of aromatic nitrogens is 2. The summed E-state index contributed by atoms with van der Waals surface area (Å²) in [6.45, 7) is 0. The number of fused-ring (bicyclic) bond motifs is 2. The van der Waals surface area contributed by atoms with Gasteiger partial charge in [0.2, 0.25) is 11.7 Å². The number of rotatable bonds is 6. The minimum atomic E-state index is -1.34. The molecular weight excluding hydrogens is 472 g/mol. The Hall–Kier alpha value is -4.92. The Balaban J connectivity index is 1.57. The number of hydrogen-bond acceptors (Lipinski definition) is 9. The summed E-state index contributed by atoms with van der Waals surface area (Å²) in [6, 6.07) is 21.0. The lowest BCUT2D eigenvalue weighted by atomic mass is 9.99. The smallest absolute Gasteiger partial charge is 0.339 e. The van der Waals surface area contributed by atoms with Gasteiger partial charge < -0.3 is 34.8 Å². The summed E-state index contributed by atoms with van der Waals surface area (Å²) in [5.74, 6) is 1.70. The fourth-order valence-corrected chi connectivity index (χ4v) is 4.61. The predicted molar refractivity (Wildman–Crippen MR) is 138 cm³/mol. The van der Waals surface area contributed by atoms with Gasteiger partial charge in [-0.3, -0.25) is 0 Å². The molecule has 9 nitrogen and oxygen atoms in total. The number of para-hydroxylation sites is 2. The molecule has 0 unspecified atom stereocenters. The van der Waals surface area contributed by atoms with Crippen molar-refractivity contribution in [3.63, 3.8) is 0 Å². The molecule has 0 aliphatic carbocycles. The molecular formula is C28H24N4O5. The Morgan fingerprint density at radius 3 is 2.22 bits per heavy atom. The third-order valence-electron chi connectivity index (χ3n) is 6.37. The van der Waals surface area contributed by atoms with E-state index in [1.807, 2.05) is 66.7 Å². The van der Waals surface area contributed by atoms with Crippen LogP contribution >= 0.6 is 0 Å². The second kappa shape index (κ2) is 8.63. The fraction of sp³-hybridized carbons (Fsp3) is 0.143. The van der Waals surface area contributed by atoms with E-state index >= 15 is 0 Å². The highest BCUT2D eigenvalue weighted by Gasteiger charge is 2.48. The Morgan fingerprint density at radius 1 is 0.865 bits per heavy atom. The van der Waals surface area contributed by atoms with Crippen LogP contribution in [-0.2, 0) is 12.2 Å². The molecule has 1 aliphatic rings. The maximum atomic E-state index is 6.50. The predicted octanol–water partition coefficient (Wildman–Crippen LogP) is 4.67. The van der Waals surface area contributed by atoms with Crippen LogP contribution in [-0.4, -0.2) is 24.2 Å². The first-order chi connectivity index (χ1) is 18.0. The zero-order valence-corrected chi connectivity index (χ0v) is 20.2. The molecule has 0 amide bonds. The first-order valence-electron chi connectivity index (χ1n) is 11.6. The average molecular weight is 497 g/mol. The molecule has 186 valence electrons. The number of nitrogens with two attached hydrogens (primary N) is 2. The lowest BCUT2D eigenvalue weighted by Gasteiger charge is -2.25. The molecule has 0 saturated carbocycles. The lowest BCUT2D eigenvalue weighted by molar-refractivity contribution is -0.0624. The highest BCUT2D eigenvalue weighted by molar-refractivity contribution is 5.90. The third kappa shape index (κ3) is 3.63. The summed E-state index contributed by atoms with van der Waals surface area (Å²) >= 11 is 0. The summed E-state index contributed by atoms with van der Waals surface area (Å²) in [4.78, 5) is 8.19. The molecule has 0 fully saturated rings. The molecule has 0 saturated heterocycles. The number of nitrogen functional groups attached to an aromatic ring is 2. The van der Waals surface area contributed by atoms with Crippen LogP contribution in [0.5, 0.6) is 23.0 Å². The Kier molecular flexibility index (Phi) is 5.26. The molecule has 37 heavy (non-hydrogen) atoms. The van der Waals surface area contributed by atoms with Crippen molar-refractivity contribution in [2.45, 2.75) is 12.2 Å². The number of methoxy groups -OCH3 is 2. The maximum Gasteiger partial charge on any atom is 0.339 e. The van der Waals surface area contributed by atoms with Gasteiger partial charge in [-0.2, -0.15) is 4.98 Å². The van der Waals surface area contributed by atoms with Crippen molar-refractivity contribution in [3.8, 4) is 23.0 Å². The van der Waals surface area contributed by atoms with Crippen molar-refractivity contribution in [3.05, 3.63) is 95.4 Å². The molecule has 9 heteroatoms. The molecule has 0 bridgehead atoms. The van der Waals surface area contributed by atoms with E-state index in [2.05, 4.69) is 9.97 Å². The Bertz CT molecular complexity index is 1590. The number of hydrogen-bond donors (Lipinski definition) is 2. The van der Waals surface area contributed by atoms with Gasteiger partial charge in [0, 0.05) is 29.1 Å². The van der Waals surface area contributed by atoms with Crippen LogP contribution in [0, 0.1) is 0 Å². The zero-order valence-electron chi connectivity index (χ0n) is 20.2. The second-order valence-corrected chi connectivity index (χ2v) is 8.57. The van der Waals surface area contributed by atoms with Crippen LogP contribution in [0.4, 0.5) is 11.8 Å². The molecule has 3 aromatic carbocycles. The largest absolute Gasteiger partial charge is 0.493 e. The fourth-order valence-electron chi connectivity index (χ4n) is 4.61. The van der Waals surface area contributed by atoms with Crippen LogP contribution in [0.15, 0.2) is 77.3 Å². The number of benzene rings is 3. The topological polar surface area (TPSA) is 128 Å². The first-order valence-corrected chi connectivity index (χ1v) is 11.6. The molecule has 0 radical (unpaired) electrons. The second-order valence-electron chi connectivity index (χ2n) is 8.57. The van der Waals surface area contributed by atoms with Crippen LogP contribution in [0.2, 0.25) is 0 Å². The minimum Gasteiger partial charge on any atom is -0.493 e. The third-order valence-corrected chi connectivity index (χ3v) is 6.37. The van der Waals surface area contributed by atoms with Crippen molar-refractivity contribution in [2.24, 2.45) is 0 Å². The van der Waals surface area contributed by atoms with Gasteiger partial charge in [0.15, 0.2) is 28.6 Å². The van der Waals surface area contributed by atoms with Gasteiger partial charge >= 0.3 is 5.79 Å². The molecule has 1 aliphatic heterocycles. The highest BCUT2D eigenvalue weighted by atomic mass is 16.7. The maximum absolute atomic E-state index is 6.50. The number of nitrogens with zero attached hydrogens (tertiary/aromatic N) is 2. The van der Waals surface area contributed by atoms with Crippen molar-refractivity contribution in [1.82, 2.24) is 9.97 Å².